The first-order chi connectivity index (χ1) is 14.8. The summed E-state index contributed by atoms with van der Waals surface area (Å²) in [7, 11) is -3.27. The Balaban J connectivity index is 1.52. The van der Waals surface area contributed by atoms with E-state index >= 15 is 0 Å². The van der Waals surface area contributed by atoms with Crippen molar-refractivity contribution in [2.45, 2.75) is 24.7 Å². The molecular weight excluding hydrogens is 410 g/mol. The second kappa shape index (κ2) is 10.2. The minimum Gasteiger partial charge on any atom is -0.493 e. The van der Waals surface area contributed by atoms with Crippen molar-refractivity contribution in [1.82, 2.24) is 4.98 Å². The van der Waals surface area contributed by atoms with Crippen molar-refractivity contribution in [3.05, 3.63) is 95.3 Å². The highest BCUT2D eigenvalue weighted by molar-refractivity contribution is 7.90. The van der Waals surface area contributed by atoms with E-state index in [1.807, 2.05) is 36.5 Å². The minimum absolute atomic E-state index is 0.192. The van der Waals surface area contributed by atoms with Crippen molar-refractivity contribution in [3.8, 4) is 5.75 Å². The summed E-state index contributed by atoms with van der Waals surface area (Å²) in [6, 6.07) is 17.5. The number of carbonyl (C=O) groups excluding carboxylic acids is 1. The van der Waals surface area contributed by atoms with E-state index < -0.39 is 9.84 Å². The van der Waals surface area contributed by atoms with Gasteiger partial charge in [-0.05, 0) is 66.1 Å². The van der Waals surface area contributed by atoms with E-state index in [1.54, 1.807) is 6.08 Å². The highest BCUT2D eigenvalue weighted by Gasteiger charge is 2.08. The monoisotopic (exact) mass is 435 g/mol. The molecular formula is C25H25NO4S. The molecule has 1 aromatic heterocycles. The number of carbonyl (C=O) groups is 1. The van der Waals surface area contributed by atoms with Gasteiger partial charge in [0.05, 0.1) is 11.5 Å². The molecule has 0 bridgehead atoms. The quantitative estimate of drug-likeness (QED) is 0.364. The van der Waals surface area contributed by atoms with E-state index in [-0.39, 0.29) is 10.7 Å². The minimum atomic E-state index is -3.27. The molecule has 2 aromatic carbocycles. The second-order valence-electron chi connectivity index (χ2n) is 7.17. The van der Waals surface area contributed by atoms with Crippen LogP contribution in [0, 0.1) is 0 Å². The van der Waals surface area contributed by atoms with Gasteiger partial charge < -0.3 is 4.74 Å². The molecule has 0 amide bonds. The third kappa shape index (κ3) is 6.62. The molecule has 0 saturated carbocycles. The van der Waals surface area contributed by atoms with Crippen LogP contribution in [-0.4, -0.2) is 32.0 Å². The van der Waals surface area contributed by atoms with Crippen LogP contribution >= 0.6 is 0 Å². The molecule has 0 atom stereocenters. The highest BCUT2D eigenvalue weighted by atomic mass is 32.2. The number of nitrogens with zero attached hydrogens (tertiary/aromatic N) is 1. The predicted molar refractivity (Wildman–Crippen MR) is 122 cm³/mol. The highest BCUT2D eigenvalue weighted by Crippen LogP contribution is 2.15. The fraction of sp³-hybridized carbons (Fsp3) is 0.200. The van der Waals surface area contributed by atoms with Gasteiger partial charge in [0.15, 0.2) is 15.6 Å². The molecule has 0 radical (unpaired) electrons. The topological polar surface area (TPSA) is 73.3 Å². The Bertz CT molecular complexity index is 1150. The zero-order chi connectivity index (χ0) is 22.3. The van der Waals surface area contributed by atoms with Crippen molar-refractivity contribution in [3.63, 3.8) is 0 Å². The van der Waals surface area contributed by atoms with Gasteiger partial charge in [0.25, 0.3) is 0 Å². The number of aryl methyl sites for hydroxylation is 1. The number of allylic oxidation sites excluding steroid dienone is 1. The van der Waals surface area contributed by atoms with Crippen molar-refractivity contribution in [2.75, 3.05) is 12.9 Å². The Morgan fingerprint density at radius 3 is 2.29 bits per heavy atom. The number of sulfone groups is 1. The maximum absolute atomic E-state index is 12.3. The van der Waals surface area contributed by atoms with Gasteiger partial charge >= 0.3 is 0 Å². The molecule has 31 heavy (non-hydrogen) atoms. The number of benzene rings is 2. The summed E-state index contributed by atoms with van der Waals surface area (Å²) in [5, 5.41) is 0. The largest absolute Gasteiger partial charge is 0.493 e. The maximum atomic E-state index is 12.3. The van der Waals surface area contributed by atoms with Gasteiger partial charge in [0.2, 0.25) is 0 Å². The Hall–Kier alpha value is -3.25. The normalized spacial score (nSPS) is 11.5. The van der Waals surface area contributed by atoms with Crippen molar-refractivity contribution in [1.29, 1.82) is 0 Å². The van der Waals surface area contributed by atoms with E-state index in [0.717, 1.165) is 36.1 Å². The van der Waals surface area contributed by atoms with E-state index in [0.29, 0.717) is 12.2 Å². The van der Waals surface area contributed by atoms with E-state index in [4.69, 9.17) is 4.74 Å². The lowest BCUT2D eigenvalue weighted by atomic mass is 10.1. The van der Waals surface area contributed by atoms with Crippen LogP contribution in [0.5, 0.6) is 5.75 Å². The van der Waals surface area contributed by atoms with E-state index in [1.165, 1.54) is 35.9 Å². The van der Waals surface area contributed by atoms with Gasteiger partial charge in [-0.2, -0.15) is 0 Å². The van der Waals surface area contributed by atoms with Crippen LogP contribution in [0.2, 0.25) is 0 Å². The zero-order valence-corrected chi connectivity index (χ0v) is 18.4. The lowest BCUT2D eigenvalue weighted by Gasteiger charge is -2.06. The number of ether oxygens (including phenoxy) is 1. The van der Waals surface area contributed by atoms with Crippen LogP contribution in [0.4, 0.5) is 0 Å². The van der Waals surface area contributed by atoms with Crippen molar-refractivity contribution in [2.24, 2.45) is 0 Å². The van der Waals surface area contributed by atoms with Crippen LogP contribution < -0.4 is 4.74 Å². The molecule has 6 heteroatoms. The average Bonchev–Trinajstić information content (AvgIpc) is 2.78. The number of ketones is 1. The summed E-state index contributed by atoms with van der Waals surface area (Å²) < 4.78 is 28.8. The summed E-state index contributed by atoms with van der Waals surface area (Å²) in [5.74, 6) is 0.562. The molecule has 160 valence electrons. The Morgan fingerprint density at radius 2 is 1.71 bits per heavy atom. The van der Waals surface area contributed by atoms with Gasteiger partial charge in [0.1, 0.15) is 5.75 Å². The van der Waals surface area contributed by atoms with Gasteiger partial charge in [-0.1, -0.05) is 31.2 Å². The van der Waals surface area contributed by atoms with Gasteiger partial charge in [0, 0.05) is 30.1 Å². The molecule has 0 spiro atoms. The van der Waals surface area contributed by atoms with Gasteiger partial charge in [-0.3, -0.25) is 9.78 Å². The standard InChI is InChI=1S/C25H25NO4S/c1-3-19-4-10-22(26-18-19)16-17-30-23-11-5-20(6-12-23)7-15-25(27)21-8-13-24(14-9-21)31(2,28)29/h4-15,18H,3,16-17H2,1-2H3. The summed E-state index contributed by atoms with van der Waals surface area (Å²) in [6.45, 7) is 2.64. The average molecular weight is 436 g/mol. The third-order valence-corrected chi connectivity index (χ3v) is 5.92. The van der Waals surface area contributed by atoms with Crippen LogP contribution in [-0.2, 0) is 22.7 Å². The molecule has 0 aliphatic carbocycles. The summed E-state index contributed by atoms with van der Waals surface area (Å²) in [4.78, 5) is 16.9. The number of rotatable bonds is 9. The first kappa shape index (κ1) is 22.4. The number of aromatic nitrogens is 1. The first-order valence-corrected chi connectivity index (χ1v) is 11.9. The second-order valence-corrected chi connectivity index (χ2v) is 9.19. The molecule has 3 rings (SSSR count). The molecule has 0 N–H and O–H groups in total. The summed E-state index contributed by atoms with van der Waals surface area (Å²) in [6.07, 6.45) is 7.94. The van der Waals surface area contributed by atoms with E-state index in [9.17, 15) is 13.2 Å². The smallest absolute Gasteiger partial charge is 0.185 e. The van der Waals surface area contributed by atoms with Crippen LogP contribution in [0.1, 0.15) is 34.1 Å². The van der Waals surface area contributed by atoms with Gasteiger partial charge in [-0.25, -0.2) is 8.42 Å². The molecule has 0 aliphatic heterocycles. The van der Waals surface area contributed by atoms with Crippen LogP contribution in [0.3, 0.4) is 0 Å². The van der Waals surface area contributed by atoms with E-state index in [2.05, 4.69) is 18.0 Å². The lowest BCUT2D eigenvalue weighted by Crippen LogP contribution is -2.03. The zero-order valence-electron chi connectivity index (χ0n) is 17.6. The first-order valence-electron chi connectivity index (χ1n) is 10.0. The van der Waals surface area contributed by atoms with Gasteiger partial charge in [-0.15, -0.1) is 0 Å². The molecule has 0 fully saturated rings. The Morgan fingerprint density at radius 1 is 1.00 bits per heavy atom. The molecule has 0 saturated heterocycles. The molecule has 0 aliphatic rings. The van der Waals surface area contributed by atoms with Crippen LogP contribution in [0.15, 0.2) is 77.8 Å². The SMILES string of the molecule is CCc1ccc(CCOc2ccc(C=CC(=O)c3ccc(S(C)(=O)=O)cc3)cc2)nc1. The number of pyridine rings is 1. The molecule has 1 heterocycles. The van der Waals surface area contributed by atoms with Crippen molar-refractivity contribution < 1.29 is 17.9 Å². The molecule has 5 nitrogen and oxygen atoms in total. The van der Waals surface area contributed by atoms with Crippen LogP contribution in [0.25, 0.3) is 6.08 Å². The Labute approximate surface area is 183 Å². The Kier molecular flexibility index (Phi) is 7.36. The summed E-state index contributed by atoms with van der Waals surface area (Å²) >= 11 is 0. The molecule has 3 aromatic rings. The lowest BCUT2D eigenvalue weighted by molar-refractivity contribution is 0.104. The fourth-order valence-electron chi connectivity index (χ4n) is 2.90. The van der Waals surface area contributed by atoms with Crippen molar-refractivity contribution >= 4 is 21.7 Å². The number of hydrogen-bond donors (Lipinski definition) is 0. The fourth-order valence-corrected chi connectivity index (χ4v) is 3.53. The number of hydrogen-bond acceptors (Lipinski definition) is 5. The predicted octanol–water partition coefficient (Wildman–Crippen LogP) is 4.57. The third-order valence-electron chi connectivity index (χ3n) is 4.80. The summed E-state index contributed by atoms with van der Waals surface area (Å²) in [5.41, 5.74) is 3.52. The molecule has 0 unspecified atom stereocenters. The maximum Gasteiger partial charge on any atom is 0.185 e.